The molecule has 0 saturated carbocycles. The van der Waals surface area contributed by atoms with Crippen molar-refractivity contribution in [3.8, 4) is 0 Å². The Hall–Kier alpha value is -2.41. The van der Waals surface area contributed by atoms with Gasteiger partial charge in [-0.3, -0.25) is 4.90 Å². The van der Waals surface area contributed by atoms with Gasteiger partial charge >= 0.3 is 0 Å². The number of hydrogen-bond donors (Lipinski definition) is 0. The third kappa shape index (κ3) is 3.12. The molecule has 0 radical (unpaired) electrons. The highest BCUT2D eigenvalue weighted by molar-refractivity contribution is 5.09. The summed E-state index contributed by atoms with van der Waals surface area (Å²) in [5.41, 5.74) is 1.18. The largest absolute Gasteiger partial charge is 0.465 e. The lowest BCUT2D eigenvalue weighted by molar-refractivity contribution is 0.246. The fourth-order valence-corrected chi connectivity index (χ4v) is 3.22. The van der Waals surface area contributed by atoms with Crippen molar-refractivity contribution < 1.29 is 4.42 Å². The average molecular weight is 326 g/mol. The summed E-state index contributed by atoms with van der Waals surface area (Å²) >= 11 is 0. The first kappa shape index (κ1) is 15.1. The lowest BCUT2D eigenvalue weighted by atomic mass is 10.3. The molecule has 3 aromatic heterocycles. The Kier molecular flexibility index (Phi) is 4.17. The van der Waals surface area contributed by atoms with Gasteiger partial charge < -0.3 is 8.98 Å². The van der Waals surface area contributed by atoms with Crippen LogP contribution in [0.25, 0.3) is 0 Å². The summed E-state index contributed by atoms with van der Waals surface area (Å²) in [5, 5.41) is 4.19. The summed E-state index contributed by atoms with van der Waals surface area (Å²) in [6, 6.07) is 4.17. The molecule has 4 heterocycles. The van der Waals surface area contributed by atoms with E-state index >= 15 is 0 Å². The fraction of sp³-hybridized carbons (Fsp3) is 0.471. The predicted octanol–water partition coefficient (Wildman–Crippen LogP) is 1.74. The van der Waals surface area contributed by atoms with Crippen LogP contribution >= 0.6 is 0 Å². The number of hydrogen-bond acceptors (Lipinski definition) is 5. The van der Waals surface area contributed by atoms with Gasteiger partial charge in [0.25, 0.3) is 0 Å². The fourth-order valence-electron chi connectivity index (χ4n) is 3.22. The minimum Gasteiger partial charge on any atom is -0.465 e. The number of fused-ring (bicyclic) bond motifs is 1. The maximum absolute atomic E-state index is 5.85. The van der Waals surface area contributed by atoms with Gasteiger partial charge in [0.1, 0.15) is 30.0 Å². The number of imidazole rings is 1. The normalized spacial score (nSPS) is 15.4. The molecule has 0 N–H and O–H groups in total. The van der Waals surface area contributed by atoms with Crippen LogP contribution in [0.1, 0.15) is 30.0 Å². The van der Waals surface area contributed by atoms with Crippen molar-refractivity contribution in [1.82, 2.24) is 29.2 Å². The van der Waals surface area contributed by atoms with Gasteiger partial charge in [0.15, 0.2) is 0 Å². The minimum atomic E-state index is 0.713. The van der Waals surface area contributed by atoms with E-state index in [1.165, 1.54) is 5.69 Å². The van der Waals surface area contributed by atoms with Crippen LogP contribution in [-0.4, -0.2) is 42.3 Å². The molecule has 0 amide bonds. The third-order valence-corrected chi connectivity index (χ3v) is 4.55. The highest BCUT2D eigenvalue weighted by atomic mass is 16.3. The van der Waals surface area contributed by atoms with Crippen LogP contribution in [0.5, 0.6) is 0 Å². The Morgan fingerprint density at radius 1 is 1.12 bits per heavy atom. The Bertz CT molecular complexity index is 788. The molecule has 0 aliphatic carbocycles. The lowest BCUT2D eigenvalue weighted by Gasteiger charge is -2.18. The molecule has 0 saturated heterocycles. The average Bonchev–Trinajstić information content (AvgIpc) is 3.30. The van der Waals surface area contributed by atoms with Crippen LogP contribution in [-0.2, 0) is 32.5 Å². The summed E-state index contributed by atoms with van der Waals surface area (Å²) in [7, 11) is 0. The van der Waals surface area contributed by atoms with Crippen LogP contribution in [0.4, 0.5) is 0 Å². The molecule has 0 aromatic carbocycles. The van der Waals surface area contributed by atoms with Crippen molar-refractivity contribution in [3.05, 3.63) is 54.0 Å². The zero-order chi connectivity index (χ0) is 16.4. The van der Waals surface area contributed by atoms with Gasteiger partial charge in [-0.15, -0.1) is 0 Å². The van der Waals surface area contributed by atoms with Gasteiger partial charge in [0, 0.05) is 32.5 Å². The maximum Gasteiger partial charge on any atom is 0.137 e. The standard InChI is InChI=1S/C17H22N6O/c1-2-15-3-4-16(24-15)11-21-6-5-17-19-9-14(23(17)8-7-21)10-22-13-18-12-20-22/h3-4,9,12-13H,2,5-8,10-11H2,1H3. The van der Waals surface area contributed by atoms with Crippen molar-refractivity contribution in [2.24, 2.45) is 0 Å². The van der Waals surface area contributed by atoms with E-state index in [9.17, 15) is 0 Å². The molecule has 0 unspecified atom stereocenters. The monoisotopic (exact) mass is 326 g/mol. The number of aryl methyl sites for hydroxylation is 1. The molecule has 1 aliphatic rings. The lowest BCUT2D eigenvalue weighted by Crippen LogP contribution is -2.26. The van der Waals surface area contributed by atoms with Crippen LogP contribution in [0, 0.1) is 0 Å². The second-order valence-electron chi connectivity index (χ2n) is 6.16. The van der Waals surface area contributed by atoms with E-state index in [2.05, 4.69) is 43.6 Å². The molecule has 0 atom stereocenters. The van der Waals surface area contributed by atoms with Gasteiger partial charge in [-0.05, 0) is 12.1 Å². The van der Waals surface area contributed by atoms with E-state index in [-0.39, 0.29) is 0 Å². The molecule has 24 heavy (non-hydrogen) atoms. The Balaban J connectivity index is 1.43. The molecule has 0 spiro atoms. The van der Waals surface area contributed by atoms with Crippen molar-refractivity contribution in [2.45, 2.75) is 39.4 Å². The minimum absolute atomic E-state index is 0.713. The summed E-state index contributed by atoms with van der Waals surface area (Å²) in [6.07, 6.45) is 7.17. The smallest absolute Gasteiger partial charge is 0.137 e. The van der Waals surface area contributed by atoms with Gasteiger partial charge in [-0.2, -0.15) is 5.10 Å². The van der Waals surface area contributed by atoms with Crippen molar-refractivity contribution in [3.63, 3.8) is 0 Å². The molecule has 0 fully saturated rings. The van der Waals surface area contributed by atoms with Crippen LogP contribution in [0.15, 0.2) is 35.4 Å². The SMILES string of the molecule is CCc1ccc(CN2CCc3ncc(Cn4cncn4)n3CC2)o1. The van der Waals surface area contributed by atoms with Crippen LogP contribution < -0.4 is 0 Å². The number of furan rings is 1. The first-order valence-electron chi connectivity index (χ1n) is 8.47. The van der Waals surface area contributed by atoms with E-state index < -0.39 is 0 Å². The summed E-state index contributed by atoms with van der Waals surface area (Å²) < 4.78 is 10.0. The van der Waals surface area contributed by atoms with E-state index in [0.29, 0.717) is 6.54 Å². The second-order valence-corrected chi connectivity index (χ2v) is 6.16. The van der Waals surface area contributed by atoms with Gasteiger partial charge in [-0.1, -0.05) is 6.92 Å². The molecule has 7 nitrogen and oxygen atoms in total. The van der Waals surface area contributed by atoms with Crippen LogP contribution in [0.2, 0.25) is 0 Å². The maximum atomic E-state index is 5.85. The zero-order valence-electron chi connectivity index (χ0n) is 13.9. The molecule has 3 aromatic rings. The van der Waals surface area contributed by atoms with Gasteiger partial charge in [0.2, 0.25) is 0 Å². The van der Waals surface area contributed by atoms with Crippen molar-refractivity contribution in [2.75, 3.05) is 13.1 Å². The molecule has 7 heteroatoms. The molecule has 126 valence electrons. The Morgan fingerprint density at radius 2 is 2.04 bits per heavy atom. The van der Waals surface area contributed by atoms with Gasteiger partial charge in [-0.25, -0.2) is 14.6 Å². The molecule has 1 aliphatic heterocycles. The van der Waals surface area contributed by atoms with Crippen LogP contribution in [0.3, 0.4) is 0 Å². The van der Waals surface area contributed by atoms with Gasteiger partial charge in [0.05, 0.1) is 25.0 Å². The van der Waals surface area contributed by atoms with E-state index in [4.69, 9.17) is 4.42 Å². The molecule has 0 bridgehead atoms. The first-order valence-corrected chi connectivity index (χ1v) is 8.47. The summed E-state index contributed by atoms with van der Waals surface area (Å²) in [5.74, 6) is 3.26. The molecular weight excluding hydrogens is 304 g/mol. The quantitative estimate of drug-likeness (QED) is 0.714. The van der Waals surface area contributed by atoms with Crippen molar-refractivity contribution in [1.29, 1.82) is 0 Å². The Morgan fingerprint density at radius 3 is 2.83 bits per heavy atom. The zero-order valence-corrected chi connectivity index (χ0v) is 13.9. The predicted molar refractivity (Wildman–Crippen MR) is 88.4 cm³/mol. The highest BCUT2D eigenvalue weighted by Crippen LogP contribution is 2.16. The van der Waals surface area contributed by atoms with Crippen molar-refractivity contribution >= 4 is 0 Å². The first-order chi connectivity index (χ1) is 11.8. The van der Waals surface area contributed by atoms with E-state index in [0.717, 1.165) is 56.4 Å². The molecule has 4 rings (SSSR count). The van der Waals surface area contributed by atoms with E-state index in [1.54, 1.807) is 12.7 Å². The highest BCUT2D eigenvalue weighted by Gasteiger charge is 2.18. The molecular formula is C17H22N6O. The summed E-state index contributed by atoms with van der Waals surface area (Å²) in [4.78, 5) is 11.0. The summed E-state index contributed by atoms with van der Waals surface area (Å²) in [6.45, 7) is 6.64. The Labute approximate surface area is 140 Å². The third-order valence-electron chi connectivity index (χ3n) is 4.55. The second kappa shape index (κ2) is 6.60. The number of nitrogens with zero attached hydrogens (tertiary/aromatic N) is 6. The topological polar surface area (TPSA) is 64.9 Å². The van der Waals surface area contributed by atoms with E-state index in [1.807, 2.05) is 10.9 Å². The number of rotatable bonds is 5. The number of aromatic nitrogens is 5.